The molecule has 0 aliphatic carbocycles. The van der Waals surface area contributed by atoms with E-state index in [9.17, 15) is 20.0 Å². The van der Waals surface area contributed by atoms with E-state index in [1.165, 1.54) is 17.4 Å². The lowest BCUT2D eigenvalue weighted by Gasteiger charge is -2.05. The number of nitriles is 1. The number of carboxylic acid groups (broad SMARTS) is 1. The van der Waals surface area contributed by atoms with Gasteiger partial charge in [-0.05, 0) is 36.4 Å². The molecule has 0 aliphatic rings. The number of rotatable bonds is 5. The molecule has 0 aliphatic heterocycles. The van der Waals surface area contributed by atoms with Crippen molar-refractivity contribution in [1.82, 2.24) is 5.32 Å². The molecule has 0 atom stereocenters. The summed E-state index contributed by atoms with van der Waals surface area (Å²) in [5.41, 5.74) is 1.49. The van der Waals surface area contributed by atoms with E-state index < -0.39 is 11.9 Å². The molecule has 5 nitrogen and oxygen atoms in total. The molecule has 27 heavy (non-hydrogen) atoms. The van der Waals surface area contributed by atoms with Gasteiger partial charge in [-0.3, -0.25) is 4.79 Å². The Kier molecular flexibility index (Phi) is 5.45. The second-order valence-electron chi connectivity index (χ2n) is 5.54. The minimum Gasteiger partial charge on any atom is -0.477 e. The van der Waals surface area contributed by atoms with Crippen LogP contribution in [0.1, 0.15) is 20.8 Å². The normalized spacial score (nSPS) is 10.9. The molecular formula is C21H14N2O3S. The molecule has 2 aromatic carbocycles. The number of carboxylic acids is 1. The van der Waals surface area contributed by atoms with Gasteiger partial charge in [0.05, 0.1) is 11.6 Å². The van der Waals surface area contributed by atoms with Gasteiger partial charge in [0.15, 0.2) is 0 Å². The number of carbonyl (C=O) groups is 2. The van der Waals surface area contributed by atoms with Crippen molar-refractivity contribution in [1.29, 1.82) is 5.26 Å². The summed E-state index contributed by atoms with van der Waals surface area (Å²) < 4.78 is 0. The van der Waals surface area contributed by atoms with Gasteiger partial charge in [-0.2, -0.15) is 5.26 Å². The summed E-state index contributed by atoms with van der Waals surface area (Å²) in [6.45, 7) is 0. The number of nitrogens with zero attached hydrogens (tertiary/aromatic N) is 1. The summed E-state index contributed by atoms with van der Waals surface area (Å²) in [5, 5.41) is 21.1. The van der Waals surface area contributed by atoms with Crippen LogP contribution in [0.5, 0.6) is 0 Å². The number of aliphatic carboxylic acids is 1. The van der Waals surface area contributed by atoms with Crippen molar-refractivity contribution in [3.05, 3.63) is 88.4 Å². The third-order valence-electron chi connectivity index (χ3n) is 3.74. The first-order valence-electron chi connectivity index (χ1n) is 7.99. The number of benzene rings is 2. The minimum absolute atomic E-state index is 0.217. The van der Waals surface area contributed by atoms with Gasteiger partial charge < -0.3 is 10.4 Å². The third kappa shape index (κ3) is 4.29. The molecule has 1 heterocycles. The Bertz CT molecular complexity index is 1060. The number of thiophene rings is 1. The second kappa shape index (κ2) is 8.13. The molecule has 0 unspecified atom stereocenters. The Morgan fingerprint density at radius 3 is 2.41 bits per heavy atom. The number of carbonyl (C=O) groups excluding carboxylic acids is 1. The quantitative estimate of drug-likeness (QED) is 0.657. The van der Waals surface area contributed by atoms with Gasteiger partial charge in [0.1, 0.15) is 5.70 Å². The monoisotopic (exact) mass is 374 g/mol. The Labute approximate surface area is 159 Å². The minimum atomic E-state index is -1.23. The average Bonchev–Trinajstić information content (AvgIpc) is 3.16. The van der Waals surface area contributed by atoms with Gasteiger partial charge in [0.25, 0.3) is 5.91 Å². The molecule has 0 saturated carbocycles. The van der Waals surface area contributed by atoms with Crippen LogP contribution in [0.15, 0.2) is 72.4 Å². The summed E-state index contributed by atoms with van der Waals surface area (Å²) in [7, 11) is 0. The van der Waals surface area contributed by atoms with Crippen LogP contribution in [-0.4, -0.2) is 17.0 Å². The average molecular weight is 374 g/mol. The van der Waals surface area contributed by atoms with Crippen molar-refractivity contribution < 1.29 is 14.7 Å². The van der Waals surface area contributed by atoms with Crippen molar-refractivity contribution in [3.8, 4) is 16.5 Å². The lowest BCUT2D eigenvalue weighted by atomic mass is 10.1. The zero-order valence-electron chi connectivity index (χ0n) is 14.0. The Morgan fingerprint density at radius 2 is 1.70 bits per heavy atom. The lowest BCUT2D eigenvalue weighted by molar-refractivity contribution is -0.132. The summed E-state index contributed by atoms with van der Waals surface area (Å²) in [6, 6.07) is 21.3. The molecule has 6 heteroatoms. The summed E-state index contributed by atoms with van der Waals surface area (Å²) in [4.78, 5) is 25.2. The first-order valence-corrected chi connectivity index (χ1v) is 8.81. The zero-order chi connectivity index (χ0) is 19.2. The Morgan fingerprint density at radius 1 is 1.00 bits per heavy atom. The van der Waals surface area contributed by atoms with Crippen LogP contribution in [0.3, 0.4) is 0 Å². The number of hydrogen-bond donors (Lipinski definition) is 2. The van der Waals surface area contributed by atoms with E-state index in [-0.39, 0.29) is 5.70 Å². The molecule has 2 N–H and O–H groups in total. The molecule has 1 aromatic heterocycles. The maximum Gasteiger partial charge on any atom is 0.352 e. The predicted molar refractivity (Wildman–Crippen MR) is 104 cm³/mol. The molecular weight excluding hydrogens is 360 g/mol. The predicted octanol–water partition coefficient (Wildman–Crippen LogP) is 4.14. The van der Waals surface area contributed by atoms with E-state index in [0.717, 1.165) is 10.4 Å². The van der Waals surface area contributed by atoms with E-state index in [1.54, 1.807) is 48.5 Å². The van der Waals surface area contributed by atoms with E-state index >= 15 is 0 Å². The van der Waals surface area contributed by atoms with E-state index in [4.69, 9.17) is 0 Å². The van der Waals surface area contributed by atoms with Crippen LogP contribution in [0.2, 0.25) is 0 Å². The highest BCUT2D eigenvalue weighted by Gasteiger charge is 2.14. The summed E-state index contributed by atoms with van der Waals surface area (Å²) in [5.74, 6) is -1.72. The number of hydrogen-bond acceptors (Lipinski definition) is 4. The smallest absolute Gasteiger partial charge is 0.352 e. The van der Waals surface area contributed by atoms with Crippen molar-refractivity contribution in [2.45, 2.75) is 0 Å². The molecule has 0 radical (unpaired) electrons. The zero-order valence-corrected chi connectivity index (χ0v) is 14.9. The van der Waals surface area contributed by atoms with Gasteiger partial charge in [-0.15, -0.1) is 11.3 Å². The van der Waals surface area contributed by atoms with Crippen molar-refractivity contribution >= 4 is 29.3 Å². The topological polar surface area (TPSA) is 90.2 Å². The lowest BCUT2D eigenvalue weighted by Crippen LogP contribution is -2.27. The number of amides is 1. The molecule has 0 spiro atoms. The Balaban J connectivity index is 1.87. The van der Waals surface area contributed by atoms with Gasteiger partial charge in [-0.1, -0.05) is 36.4 Å². The maximum absolute atomic E-state index is 12.2. The van der Waals surface area contributed by atoms with E-state index in [2.05, 4.69) is 11.4 Å². The number of nitrogens with one attached hydrogen (secondary N) is 1. The van der Waals surface area contributed by atoms with Crippen LogP contribution in [0, 0.1) is 11.3 Å². The van der Waals surface area contributed by atoms with E-state index in [1.807, 2.05) is 18.2 Å². The van der Waals surface area contributed by atoms with Crippen LogP contribution in [-0.2, 0) is 4.79 Å². The van der Waals surface area contributed by atoms with Crippen LogP contribution < -0.4 is 5.32 Å². The molecule has 3 rings (SSSR count). The van der Waals surface area contributed by atoms with Crippen molar-refractivity contribution in [2.24, 2.45) is 0 Å². The van der Waals surface area contributed by atoms with Gasteiger partial charge in [0, 0.05) is 20.9 Å². The fourth-order valence-electron chi connectivity index (χ4n) is 2.45. The Hall–Kier alpha value is -3.69. The molecule has 0 bridgehead atoms. The molecule has 0 saturated heterocycles. The molecule has 1 amide bonds. The first-order chi connectivity index (χ1) is 13.1. The fraction of sp³-hybridized carbons (Fsp3) is 0. The third-order valence-corrected chi connectivity index (χ3v) is 4.81. The second-order valence-corrected chi connectivity index (χ2v) is 6.66. The highest BCUT2D eigenvalue weighted by atomic mass is 32.1. The van der Waals surface area contributed by atoms with Crippen LogP contribution in [0.4, 0.5) is 0 Å². The van der Waals surface area contributed by atoms with Gasteiger partial charge in [0.2, 0.25) is 0 Å². The van der Waals surface area contributed by atoms with Gasteiger partial charge >= 0.3 is 5.97 Å². The molecule has 132 valence electrons. The molecule has 3 aromatic rings. The van der Waals surface area contributed by atoms with Crippen LogP contribution in [0.25, 0.3) is 16.5 Å². The first kappa shape index (κ1) is 18.1. The van der Waals surface area contributed by atoms with Gasteiger partial charge in [-0.25, -0.2) is 4.79 Å². The largest absolute Gasteiger partial charge is 0.477 e. The standard InChI is InChI=1S/C21H14N2O3S/c22-13-15-8-4-5-9-17(15)19-11-10-16(27-19)12-18(21(25)26)23-20(24)14-6-2-1-3-7-14/h1-12H,(H,23,24)(H,25,26)/b18-12-. The fourth-order valence-corrected chi connectivity index (χ4v) is 3.44. The highest BCUT2D eigenvalue weighted by Crippen LogP contribution is 2.31. The SMILES string of the molecule is N#Cc1ccccc1-c1ccc(/C=C(\NC(=O)c2ccccc2)C(=O)O)s1. The maximum atomic E-state index is 12.2. The van der Waals surface area contributed by atoms with Crippen molar-refractivity contribution in [3.63, 3.8) is 0 Å². The summed E-state index contributed by atoms with van der Waals surface area (Å²) >= 11 is 1.34. The van der Waals surface area contributed by atoms with Crippen molar-refractivity contribution in [2.75, 3.05) is 0 Å². The van der Waals surface area contributed by atoms with Crippen LogP contribution >= 0.6 is 11.3 Å². The molecule has 0 fully saturated rings. The summed E-state index contributed by atoms with van der Waals surface area (Å²) in [6.07, 6.45) is 1.41. The highest BCUT2D eigenvalue weighted by molar-refractivity contribution is 7.16. The van der Waals surface area contributed by atoms with E-state index in [0.29, 0.717) is 16.0 Å².